The number of carbonyl (C=O) groups is 2. The van der Waals surface area contributed by atoms with Gasteiger partial charge in [-0.05, 0) is 48.0 Å². The van der Waals surface area contributed by atoms with Crippen LogP contribution < -0.4 is 14.8 Å². The van der Waals surface area contributed by atoms with Gasteiger partial charge < -0.3 is 14.8 Å². The topological polar surface area (TPSA) is 64.6 Å². The number of hydrogen-bond acceptors (Lipinski definition) is 4. The van der Waals surface area contributed by atoms with Crippen LogP contribution in [-0.2, 0) is 6.54 Å². The van der Waals surface area contributed by atoms with E-state index in [0.29, 0.717) is 17.1 Å². The van der Waals surface area contributed by atoms with Crippen molar-refractivity contribution in [3.8, 4) is 11.5 Å². The maximum absolute atomic E-state index is 13.1. The van der Waals surface area contributed by atoms with Crippen molar-refractivity contribution in [3.05, 3.63) is 94.8 Å². The predicted octanol–water partition coefficient (Wildman–Crippen LogP) is 3.72. The molecule has 3 aromatic carbocycles. The van der Waals surface area contributed by atoms with Gasteiger partial charge in [0, 0.05) is 17.7 Å². The molecule has 0 atom stereocenters. The summed E-state index contributed by atoms with van der Waals surface area (Å²) in [5.74, 6) is 0.174. The van der Waals surface area contributed by atoms with Crippen LogP contribution in [0.15, 0.2) is 66.7 Å². The number of carbonyl (C=O) groups excluding carboxylic acids is 2. The van der Waals surface area contributed by atoms with Crippen LogP contribution in [0.5, 0.6) is 11.5 Å². The molecule has 0 fully saturated rings. The summed E-state index contributed by atoms with van der Waals surface area (Å²) in [6.07, 6.45) is 0. The van der Waals surface area contributed by atoms with Gasteiger partial charge in [0.2, 0.25) is 6.79 Å². The molecule has 1 heterocycles. The summed E-state index contributed by atoms with van der Waals surface area (Å²) in [5.41, 5.74) is 1.69. The fourth-order valence-corrected chi connectivity index (χ4v) is 2.96. The Labute approximate surface area is 160 Å². The van der Waals surface area contributed by atoms with Gasteiger partial charge in [-0.25, -0.2) is 4.39 Å². The summed E-state index contributed by atoms with van der Waals surface area (Å²) in [5, 5.41) is 2.81. The van der Waals surface area contributed by atoms with Gasteiger partial charge in [0.1, 0.15) is 5.82 Å². The van der Waals surface area contributed by atoms with Gasteiger partial charge in [0.25, 0.3) is 5.91 Å². The molecule has 140 valence electrons. The average Bonchev–Trinajstić information content (AvgIpc) is 3.20. The van der Waals surface area contributed by atoms with Crippen LogP contribution in [-0.4, -0.2) is 18.5 Å². The Kier molecular flexibility index (Phi) is 4.76. The highest BCUT2D eigenvalue weighted by molar-refractivity contribution is 6.15. The molecule has 5 nitrogen and oxygen atoms in total. The molecule has 0 unspecified atom stereocenters. The first-order valence-corrected chi connectivity index (χ1v) is 8.68. The Bertz CT molecular complexity index is 1050. The molecule has 3 aromatic rings. The largest absolute Gasteiger partial charge is 0.454 e. The molecule has 1 aliphatic rings. The summed E-state index contributed by atoms with van der Waals surface area (Å²) < 4.78 is 23.7. The second-order valence-electron chi connectivity index (χ2n) is 6.25. The molecule has 1 aliphatic heterocycles. The van der Waals surface area contributed by atoms with Gasteiger partial charge in [0.15, 0.2) is 17.3 Å². The molecule has 0 radical (unpaired) electrons. The first kappa shape index (κ1) is 17.7. The van der Waals surface area contributed by atoms with E-state index in [2.05, 4.69) is 5.32 Å². The molecule has 0 spiro atoms. The third-order valence-electron chi connectivity index (χ3n) is 4.41. The van der Waals surface area contributed by atoms with Gasteiger partial charge in [-0.15, -0.1) is 0 Å². The molecule has 6 heteroatoms. The van der Waals surface area contributed by atoms with Gasteiger partial charge in [-0.2, -0.15) is 0 Å². The quantitative estimate of drug-likeness (QED) is 0.689. The second kappa shape index (κ2) is 7.52. The lowest BCUT2D eigenvalue weighted by Crippen LogP contribution is -2.25. The molecule has 4 rings (SSSR count). The Hall–Kier alpha value is -3.67. The SMILES string of the molecule is O=C(NCc1ccc2c(c1)OCO2)c1ccccc1C(=O)c1ccc(F)cc1. The summed E-state index contributed by atoms with van der Waals surface area (Å²) in [6, 6.07) is 17.2. The van der Waals surface area contributed by atoms with E-state index in [1.807, 2.05) is 6.07 Å². The second-order valence-corrected chi connectivity index (χ2v) is 6.25. The third kappa shape index (κ3) is 3.57. The van der Waals surface area contributed by atoms with E-state index < -0.39 is 5.82 Å². The fraction of sp³-hybridized carbons (Fsp3) is 0.0909. The van der Waals surface area contributed by atoms with E-state index in [-0.39, 0.29) is 36.2 Å². The molecular weight excluding hydrogens is 361 g/mol. The number of rotatable bonds is 5. The van der Waals surface area contributed by atoms with Crippen LogP contribution in [0.1, 0.15) is 31.8 Å². The maximum Gasteiger partial charge on any atom is 0.252 e. The Balaban J connectivity index is 1.52. The summed E-state index contributed by atoms with van der Waals surface area (Å²) in [7, 11) is 0. The predicted molar refractivity (Wildman–Crippen MR) is 100 cm³/mol. The van der Waals surface area contributed by atoms with E-state index in [0.717, 1.165) is 5.56 Å². The number of benzene rings is 3. The zero-order chi connectivity index (χ0) is 19.5. The number of halogens is 1. The van der Waals surface area contributed by atoms with Crippen LogP contribution in [0.2, 0.25) is 0 Å². The van der Waals surface area contributed by atoms with Crippen molar-refractivity contribution in [2.24, 2.45) is 0 Å². The minimum absolute atomic E-state index is 0.185. The Morgan fingerprint density at radius 2 is 1.61 bits per heavy atom. The Morgan fingerprint density at radius 3 is 2.39 bits per heavy atom. The molecule has 0 aliphatic carbocycles. The van der Waals surface area contributed by atoms with Crippen molar-refractivity contribution >= 4 is 11.7 Å². The fourth-order valence-electron chi connectivity index (χ4n) is 2.96. The minimum Gasteiger partial charge on any atom is -0.454 e. The van der Waals surface area contributed by atoms with Crippen LogP contribution in [0, 0.1) is 5.82 Å². The number of ketones is 1. The Morgan fingerprint density at radius 1 is 0.893 bits per heavy atom. The number of nitrogens with one attached hydrogen (secondary N) is 1. The summed E-state index contributed by atoms with van der Waals surface area (Å²) >= 11 is 0. The van der Waals surface area contributed by atoms with Gasteiger partial charge in [-0.3, -0.25) is 9.59 Å². The zero-order valence-corrected chi connectivity index (χ0v) is 14.8. The lowest BCUT2D eigenvalue weighted by molar-refractivity contribution is 0.0939. The smallest absolute Gasteiger partial charge is 0.252 e. The first-order valence-electron chi connectivity index (χ1n) is 8.68. The molecule has 1 amide bonds. The van der Waals surface area contributed by atoms with E-state index in [9.17, 15) is 14.0 Å². The number of fused-ring (bicyclic) bond motifs is 1. The minimum atomic E-state index is -0.425. The molecule has 0 saturated heterocycles. The van der Waals surface area contributed by atoms with Crippen LogP contribution >= 0.6 is 0 Å². The molecular formula is C22H16FNO4. The first-order chi connectivity index (χ1) is 13.6. The van der Waals surface area contributed by atoms with E-state index in [1.54, 1.807) is 36.4 Å². The normalized spacial score (nSPS) is 11.9. The summed E-state index contributed by atoms with van der Waals surface area (Å²) in [4.78, 5) is 25.4. The van der Waals surface area contributed by atoms with Crippen molar-refractivity contribution in [2.45, 2.75) is 6.54 Å². The van der Waals surface area contributed by atoms with Crippen LogP contribution in [0.25, 0.3) is 0 Å². The highest BCUT2D eigenvalue weighted by Gasteiger charge is 2.18. The van der Waals surface area contributed by atoms with Gasteiger partial charge in [-0.1, -0.05) is 24.3 Å². The van der Waals surface area contributed by atoms with Crippen molar-refractivity contribution in [2.75, 3.05) is 6.79 Å². The molecule has 0 bridgehead atoms. The molecule has 1 N–H and O–H groups in total. The molecule has 28 heavy (non-hydrogen) atoms. The van der Waals surface area contributed by atoms with Crippen molar-refractivity contribution < 1.29 is 23.5 Å². The highest BCUT2D eigenvalue weighted by Crippen LogP contribution is 2.32. The lowest BCUT2D eigenvalue weighted by atomic mass is 9.98. The van der Waals surface area contributed by atoms with Crippen molar-refractivity contribution in [1.29, 1.82) is 0 Å². The highest BCUT2D eigenvalue weighted by atomic mass is 19.1. The monoisotopic (exact) mass is 377 g/mol. The van der Waals surface area contributed by atoms with Crippen molar-refractivity contribution in [3.63, 3.8) is 0 Å². The number of ether oxygens (including phenoxy) is 2. The third-order valence-corrected chi connectivity index (χ3v) is 4.41. The zero-order valence-electron chi connectivity index (χ0n) is 14.8. The van der Waals surface area contributed by atoms with E-state index in [1.165, 1.54) is 24.3 Å². The number of amides is 1. The van der Waals surface area contributed by atoms with Gasteiger partial charge >= 0.3 is 0 Å². The standard InChI is InChI=1S/C22H16FNO4/c23-16-8-6-15(7-9-16)21(25)17-3-1-2-4-18(17)22(26)24-12-14-5-10-19-20(11-14)28-13-27-19/h1-11H,12-13H2,(H,24,26). The maximum atomic E-state index is 13.1. The molecule has 0 saturated carbocycles. The van der Waals surface area contributed by atoms with Crippen molar-refractivity contribution in [1.82, 2.24) is 5.32 Å². The van der Waals surface area contributed by atoms with Crippen LogP contribution in [0.3, 0.4) is 0 Å². The van der Waals surface area contributed by atoms with Crippen LogP contribution in [0.4, 0.5) is 4.39 Å². The van der Waals surface area contributed by atoms with E-state index in [4.69, 9.17) is 9.47 Å². The van der Waals surface area contributed by atoms with E-state index >= 15 is 0 Å². The molecule has 0 aromatic heterocycles. The summed E-state index contributed by atoms with van der Waals surface area (Å²) in [6.45, 7) is 0.457. The number of hydrogen-bond donors (Lipinski definition) is 1. The van der Waals surface area contributed by atoms with Gasteiger partial charge in [0.05, 0.1) is 5.56 Å². The average molecular weight is 377 g/mol. The lowest BCUT2D eigenvalue weighted by Gasteiger charge is -2.10.